The Bertz CT molecular complexity index is 1280. The van der Waals surface area contributed by atoms with E-state index in [1.165, 1.54) is 24.8 Å². The molecule has 0 amide bonds. The third kappa shape index (κ3) is 3.53. The summed E-state index contributed by atoms with van der Waals surface area (Å²) >= 11 is 11.9. The van der Waals surface area contributed by atoms with Gasteiger partial charge < -0.3 is 9.84 Å². The summed E-state index contributed by atoms with van der Waals surface area (Å²) in [7, 11) is 0. The van der Waals surface area contributed by atoms with Gasteiger partial charge in [-0.15, -0.1) is 0 Å². The van der Waals surface area contributed by atoms with Crippen LogP contribution in [0.15, 0.2) is 67.3 Å². The first-order valence-corrected chi connectivity index (χ1v) is 10.1. The average Bonchev–Trinajstić information content (AvgIpc) is 2.77. The molecule has 5 nitrogen and oxygen atoms in total. The van der Waals surface area contributed by atoms with Crippen LogP contribution in [0.25, 0.3) is 11.3 Å². The Morgan fingerprint density at radius 3 is 2.45 bits per heavy atom. The average molecular weight is 454 g/mol. The molecule has 2 aromatic carbocycles. The minimum Gasteiger partial charge on any atom is -0.456 e. The Balaban J connectivity index is 1.54. The number of hydrogen-bond donors (Lipinski definition) is 1. The molecule has 1 atom stereocenters. The number of aromatic nitrogens is 3. The largest absolute Gasteiger partial charge is 0.456 e. The van der Waals surface area contributed by atoms with Crippen molar-refractivity contribution in [2.75, 3.05) is 0 Å². The molecule has 1 unspecified atom stereocenters. The van der Waals surface area contributed by atoms with Crippen molar-refractivity contribution in [3.05, 3.63) is 99.9 Å². The third-order valence-electron chi connectivity index (χ3n) is 5.22. The van der Waals surface area contributed by atoms with Gasteiger partial charge in [0.2, 0.25) is 0 Å². The van der Waals surface area contributed by atoms with Crippen molar-refractivity contribution >= 4 is 23.2 Å². The molecule has 1 N–H and O–H groups in total. The second-order valence-electron chi connectivity index (χ2n) is 7.17. The molecular weight excluding hydrogens is 440 g/mol. The van der Waals surface area contributed by atoms with Crippen molar-refractivity contribution in [2.24, 2.45) is 0 Å². The number of halogens is 3. The monoisotopic (exact) mass is 453 g/mol. The second-order valence-corrected chi connectivity index (χ2v) is 8.04. The molecular formula is C23H14Cl2FN3O2. The van der Waals surface area contributed by atoms with E-state index in [1.807, 2.05) is 0 Å². The molecule has 0 spiro atoms. The van der Waals surface area contributed by atoms with Gasteiger partial charge in [0.1, 0.15) is 29.2 Å². The number of nitrogens with zero attached hydrogens (tertiary/aromatic N) is 3. The van der Waals surface area contributed by atoms with Gasteiger partial charge in [0.25, 0.3) is 0 Å². The van der Waals surface area contributed by atoms with E-state index in [1.54, 1.807) is 42.5 Å². The fourth-order valence-corrected chi connectivity index (χ4v) is 4.08. The van der Waals surface area contributed by atoms with Crippen LogP contribution in [0.1, 0.15) is 16.8 Å². The van der Waals surface area contributed by atoms with Crippen LogP contribution in [0.2, 0.25) is 10.0 Å². The number of ether oxygens (including phenoxy) is 1. The van der Waals surface area contributed by atoms with Crippen molar-refractivity contribution in [3.8, 4) is 22.8 Å². The molecule has 154 valence electrons. The Morgan fingerprint density at radius 2 is 1.71 bits per heavy atom. The Kier molecular flexibility index (Phi) is 4.85. The molecule has 0 bridgehead atoms. The summed E-state index contributed by atoms with van der Waals surface area (Å²) in [5.41, 5.74) is 0.423. The molecule has 0 saturated carbocycles. The Hall–Kier alpha value is -3.06. The number of aliphatic hydroxyl groups is 1. The minimum absolute atomic E-state index is 0.0316. The van der Waals surface area contributed by atoms with Gasteiger partial charge in [-0.25, -0.2) is 14.4 Å². The molecule has 1 aliphatic rings. The van der Waals surface area contributed by atoms with Gasteiger partial charge in [-0.3, -0.25) is 4.98 Å². The van der Waals surface area contributed by atoms with Crippen molar-refractivity contribution in [1.29, 1.82) is 0 Å². The summed E-state index contributed by atoms with van der Waals surface area (Å²) in [5.74, 6) is 0.572. The number of rotatable bonds is 3. The van der Waals surface area contributed by atoms with E-state index in [2.05, 4.69) is 15.0 Å². The number of hydrogen-bond acceptors (Lipinski definition) is 5. The summed E-state index contributed by atoms with van der Waals surface area (Å²) in [6.07, 6.45) is 4.34. The van der Waals surface area contributed by atoms with Crippen molar-refractivity contribution < 1.29 is 14.2 Å². The maximum Gasteiger partial charge on any atom is 0.145 e. The van der Waals surface area contributed by atoms with Gasteiger partial charge in [0.15, 0.2) is 0 Å². The van der Waals surface area contributed by atoms with Crippen LogP contribution < -0.4 is 4.74 Å². The molecule has 0 aliphatic heterocycles. The highest BCUT2D eigenvalue weighted by Crippen LogP contribution is 2.45. The van der Waals surface area contributed by atoms with Gasteiger partial charge in [0.05, 0.1) is 17.6 Å². The standard InChI is InChI=1S/C23H14Cl2FN3O2/c24-13-1-3-15(4-2-13)31-16-5-6-21(28-10-16)23(30)9-18-17(7-14(25)8-20(18)26)22-19(23)11-27-12-29-22/h1-8,10-12,30H,9H2. The van der Waals surface area contributed by atoms with Crippen LogP contribution in [-0.4, -0.2) is 20.1 Å². The summed E-state index contributed by atoms with van der Waals surface area (Å²) in [6.45, 7) is 0. The van der Waals surface area contributed by atoms with Crippen LogP contribution in [0.5, 0.6) is 11.5 Å². The molecule has 2 heterocycles. The smallest absolute Gasteiger partial charge is 0.145 e. The molecule has 0 radical (unpaired) electrons. The molecule has 5 rings (SSSR count). The summed E-state index contributed by atoms with van der Waals surface area (Å²) in [5, 5.41) is 12.5. The quantitative estimate of drug-likeness (QED) is 0.439. The number of benzene rings is 2. The van der Waals surface area contributed by atoms with Gasteiger partial charge >= 0.3 is 0 Å². The van der Waals surface area contributed by atoms with Crippen LogP contribution in [-0.2, 0) is 12.0 Å². The molecule has 4 aromatic rings. The SMILES string of the molecule is OC1(c2ccc(Oc3ccc(Cl)cc3)cn2)Cc2c(F)cc(Cl)cc2-c2ncncc21. The van der Waals surface area contributed by atoms with E-state index in [0.717, 1.165) is 0 Å². The molecule has 1 aliphatic carbocycles. The van der Waals surface area contributed by atoms with Crippen molar-refractivity contribution in [1.82, 2.24) is 15.0 Å². The topological polar surface area (TPSA) is 68.1 Å². The Morgan fingerprint density at radius 1 is 0.935 bits per heavy atom. The predicted octanol–water partition coefficient (Wildman–Crippen LogP) is 5.57. The first-order valence-electron chi connectivity index (χ1n) is 9.35. The van der Waals surface area contributed by atoms with E-state index in [-0.39, 0.29) is 11.4 Å². The van der Waals surface area contributed by atoms with Gasteiger partial charge in [0, 0.05) is 39.4 Å². The lowest BCUT2D eigenvalue weighted by atomic mass is 9.76. The predicted molar refractivity (Wildman–Crippen MR) is 115 cm³/mol. The van der Waals surface area contributed by atoms with Crippen molar-refractivity contribution in [2.45, 2.75) is 12.0 Å². The molecule has 8 heteroatoms. The zero-order valence-electron chi connectivity index (χ0n) is 15.9. The zero-order valence-corrected chi connectivity index (χ0v) is 17.4. The van der Waals surface area contributed by atoms with Crippen LogP contribution in [0.4, 0.5) is 4.39 Å². The van der Waals surface area contributed by atoms with E-state index in [9.17, 15) is 9.50 Å². The van der Waals surface area contributed by atoms with Gasteiger partial charge in [-0.2, -0.15) is 0 Å². The molecule has 0 fully saturated rings. The summed E-state index contributed by atoms with van der Waals surface area (Å²) in [4.78, 5) is 12.7. The number of fused-ring (bicyclic) bond motifs is 3. The molecule has 0 saturated heterocycles. The maximum atomic E-state index is 14.7. The lowest BCUT2D eigenvalue weighted by Crippen LogP contribution is -2.35. The lowest BCUT2D eigenvalue weighted by molar-refractivity contribution is 0.0735. The van der Waals surface area contributed by atoms with E-state index >= 15 is 0 Å². The highest BCUT2D eigenvalue weighted by atomic mass is 35.5. The van der Waals surface area contributed by atoms with E-state index < -0.39 is 11.4 Å². The first-order chi connectivity index (χ1) is 14.9. The highest BCUT2D eigenvalue weighted by Gasteiger charge is 2.42. The Labute approximate surface area is 187 Å². The van der Waals surface area contributed by atoms with E-state index in [4.69, 9.17) is 27.9 Å². The molecule has 31 heavy (non-hydrogen) atoms. The first kappa shape index (κ1) is 19.9. The second kappa shape index (κ2) is 7.57. The minimum atomic E-state index is -1.61. The summed E-state index contributed by atoms with van der Waals surface area (Å²) < 4.78 is 20.5. The maximum absolute atomic E-state index is 14.7. The third-order valence-corrected chi connectivity index (χ3v) is 5.69. The highest BCUT2D eigenvalue weighted by molar-refractivity contribution is 6.31. The zero-order chi connectivity index (χ0) is 21.6. The number of pyridine rings is 1. The fourth-order valence-electron chi connectivity index (χ4n) is 3.74. The van der Waals surface area contributed by atoms with Crippen molar-refractivity contribution in [3.63, 3.8) is 0 Å². The van der Waals surface area contributed by atoms with Crippen LogP contribution >= 0.6 is 23.2 Å². The molecule has 2 aromatic heterocycles. The fraction of sp³-hybridized carbons (Fsp3) is 0.0870. The normalized spacial score (nSPS) is 17.0. The van der Waals surface area contributed by atoms with Gasteiger partial charge in [-0.05, 0) is 48.5 Å². The summed E-state index contributed by atoms with van der Waals surface area (Å²) in [6, 6.07) is 13.1. The van der Waals surface area contributed by atoms with Gasteiger partial charge in [-0.1, -0.05) is 23.2 Å². The van der Waals surface area contributed by atoms with Crippen LogP contribution in [0.3, 0.4) is 0 Å². The van der Waals surface area contributed by atoms with E-state index in [0.29, 0.717) is 44.6 Å². The lowest BCUT2D eigenvalue weighted by Gasteiger charge is -2.34. The van der Waals surface area contributed by atoms with Crippen LogP contribution in [0, 0.1) is 5.82 Å².